The Morgan fingerprint density at radius 3 is 2.62 bits per heavy atom. The molecule has 1 heterocycles. The van der Waals surface area contributed by atoms with Crippen LogP contribution >= 0.6 is 0 Å². The van der Waals surface area contributed by atoms with Gasteiger partial charge in [-0.15, -0.1) is 0 Å². The van der Waals surface area contributed by atoms with E-state index >= 15 is 0 Å². The summed E-state index contributed by atoms with van der Waals surface area (Å²) in [5.74, 6) is 0.886. The normalized spacial score (nSPS) is 13.5. The van der Waals surface area contributed by atoms with Gasteiger partial charge in [-0.1, -0.05) is 24.3 Å². The van der Waals surface area contributed by atoms with Gasteiger partial charge in [0.2, 0.25) is 5.91 Å². The number of nitrogens with one attached hydrogen (secondary N) is 2. The summed E-state index contributed by atoms with van der Waals surface area (Å²) in [6, 6.07) is 16.1. The molecule has 1 aliphatic rings. The van der Waals surface area contributed by atoms with E-state index in [1.54, 1.807) is 0 Å². The summed E-state index contributed by atoms with van der Waals surface area (Å²) >= 11 is 0. The fourth-order valence-corrected chi connectivity index (χ4v) is 2.94. The molecule has 0 aliphatic carbocycles. The lowest BCUT2D eigenvalue weighted by molar-refractivity contribution is -0.116. The summed E-state index contributed by atoms with van der Waals surface area (Å²) in [6.07, 6.45) is 2.22. The van der Waals surface area contributed by atoms with Gasteiger partial charge in [0.25, 0.3) is 0 Å². The molecule has 1 aliphatic heterocycles. The van der Waals surface area contributed by atoms with Crippen LogP contribution in [0.2, 0.25) is 0 Å². The largest absolute Gasteiger partial charge is 0.378 e. The van der Waals surface area contributed by atoms with Crippen LogP contribution < -0.4 is 15.5 Å². The Morgan fingerprint density at radius 1 is 1.15 bits per heavy atom. The predicted molar refractivity (Wildman–Crippen MR) is 108 cm³/mol. The van der Waals surface area contributed by atoms with E-state index < -0.39 is 0 Å². The molecule has 0 spiro atoms. The third-order valence-electron chi connectivity index (χ3n) is 4.45. The van der Waals surface area contributed by atoms with Crippen molar-refractivity contribution in [2.45, 2.75) is 19.3 Å². The molecule has 1 amide bonds. The predicted octanol–water partition coefficient (Wildman–Crippen LogP) is 3.06. The third-order valence-corrected chi connectivity index (χ3v) is 4.45. The van der Waals surface area contributed by atoms with Crippen molar-refractivity contribution in [3.05, 3.63) is 59.7 Å². The van der Waals surface area contributed by atoms with Gasteiger partial charge in [0.15, 0.2) is 0 Å². The quantitative estimate of drug-likeness (QED) is 0.842. The maximum absolute atomic E-state index is 12.4. The first kappa shape index (κ1) is 18.0. The molecule has 0 fully saturated rings. The van der Waals surface area contributed by atoms with Gasteiger partial charge < -0.3 is 15.5 Å². The fraction of sp³-hybridized carbons (Fsp3) is 0.333. The second-order valence-corrected chi connectivity index (χ2v) is 6.67. The maximum Gasteiger partial charge on any atom is 0.224 e. The number of nitrogens with zero attached hydrogens (tertiary/aromatic N) is 2. The molecular formula is C21H26N4O. The molecular weight excluding hydrogens is 324 g/mol. The van der Waals surface area contributed by atoms with Gasteiger partial charge >= 0.3 is 0 Å². The molecule has 0 bridgehead atoms. The van der Waals surface area contributed by atoms with Gasteiger partial charge in [0.05, 0.1) is 5.69 Å². The van der Waals surface area contributed by atoms with Crippen LogP contribution in [0, 0.1) is 0 Å². The first-order valence-electron chi connectivity index (χ1n) is 9.07. The maximum atomic E-state index is 12.4. The average molecular weight is 350 g/mol. The Bertz CT molecular complexity index is 781. The summed E-state index contributed by atoms with van der Waals surface area (Å²) in [5, 5.41) is 6.36. The lowest BCUT2D eigenvalue weighted by Crippen LogP contribution is -2.31. The number of carbonyl (C=O) groups excluding carboxylic acids is 1. The van der Waals surface area contributed by atoms with E-state index in [4.69, 9.17) is 0 Å². The molecule has 0 radical (unpaired) electrons. The highest BCUT2D eigenvalue weighted by atomic mass is 16.1. The van der Waals surface area contributed by atoms with Crippen LogP contribution in [-0.4, -0.2) is 38.9 Å². The zero-order valence-corrected chi connectivity index (χ0v) is 15.5. The van der Waals surface area contributed by atoms with Gasteiger partial charge in [0.1, 0.15) is 5.84 Å². The minimum Gasteiger partial charge on any atom is -0.378 e. The highest BCUT2D eigenvalue weighted by Gasteiger charge is 2.13. The van der Waals surface area contributed by atoms with E-state index in [-0.39, 0.29) is 5.91 Å². The summed E-state index contributed by atoms with van der Waals surface area (Å²) in [5.41, 5.74) is 4.09. The summed E-state index contributed by atoms with van der Waals surface area (Å²) < 4.78 is 0. The van der Waals surface area contributed by atoms with E-state index in [9.17, 15) is 4.79 Å². The number of anilines is 2. The molecule has 0 saturated heterocycles. The lowest BCUT2D eigenvalue weighted by atomic mass is 10.1. The Morgan fingerprint density at radius 2 is 1.92 bits per heavy atom. The number of aliphatic imine (C=N–C) groups is 1. The molecule has 136 valence electrons. The van der Waals surface area contributed by atoms with Crippen molar-refractivity contribution < 1.29 is 4.79 Å². The van der Waals surface area contributed by atoms with Crippen LogP contribution in [0.25, 0.3) is 0 Å². The van der Waals surface area contributed by atoms with E-state index in [1.165, 1.54) is 0 Å². The van der Waals surface area contributed by atoms with Gasteiger partial charge in [-0.2, -0.15) is 0 Å². The second-order valence-electron chi connectivity index (χ2n) is 6.67. The zero-order chi connectivity index (χ0) is 18.4. The Labute approximate surface area is 155 Å². The van der Waals surface area contributed by atoms with Crippen LogP contribution in [0.5, 0.6) is 0 Å². The first-order chi connectivity index (χ1) is 12.6. The molecule has 2 aromatic carbocycles. The molecule has 0 atom stereocenters. The molecule has 0 unspecified atom stereocenters. The van der Waals surface area contributed by atoms with Crippen molar-refractivity contribution in [2.24, 2.45) is 4.99 Å². The zero-order valence-electron chi connectivity index (χ0n) is 15.5. The van der Waals surface area contributed by atoms with Gasteiger partial charge in [-0.3, -0.25) is 9.79 Å². The van der Waals surface area contributed by atoms with Crippen LogP contribution in [0.15, 0.2) is 53.5 Å². The summed E-state index contributed by atoms with van der Waals surface area (Å²) in [7, 11) is 4.04. The van der Waals surface area contributed by atoms with Crippen molar-refractivity contribution >= 4 is 23.1 Å². The minimum absolute atomic E-state index is 0.0190. The van der Waals surface area contributed by atoms with Gasteiger partial charge in [-0.25, -0.2) is 0 Å². The standard InChI is InChI=1S/C21H26N4O/c1-25(2)17-11-8-16(9-12-17)10-13-20(26)24-19-7-4-3-6-18(19)21-22-14-5-15-23-21/h3-4,6-9,11-12H,5,10,13-15H2,1-2H3,(H,22,23)(H,24,26). The first-order valence-corrected chi connectivity index (χ1v) is 9.07. The van der Waals surface area contributed by atoms with Crippen LogP contribution in [0.3, 0.4) is 0 Å². The molecule has 2 N–H and O–H groups in total. The molecule has 2 aromatic rings. The van der Waals surface area contributed by atoms with Gasteiger partial charge in [-0.05, 0) is 42.7 Å². The molecule has 3 rings (SSSR count). The molecule has 0 aromatic heterocycles. The average Bonchev–Trinajstić information content (AvgIpc) is 2.68. The topological polar surface area (TPSA) is 56.7 Å². The summed E-state index contributed by atoms with van der Waals surface area (Å²) in [6.45, 7) is 1.75. The number of benzene rings is 2. The number of para-hydroxylation sites is 1. The highest BCUT2D eigenvalue weighted by Crippen LogP contribution is 2.18. The molecule has 26 heavy (non-hydrogen) atoms. The van der Waals surface area contributed by atoms with Crippen LogP contribution in [-0.2, 0) is 11.2 Å². The van der Waals surface area contributed by atoms with E-state index in [0.29, 0.717) is 6.42 Å². The van der Waals surface area contributed by atoms with E-state index in [2.05, 4.69) is 44.8 Å². The van der Waals surface area contributed by atoms with Crippen molar-refractivity contribution in [1.29, 1.82) is 0 Å². The minimum atomic E-state index is 0.0190. The highest BCUT2D eigenvalue weighted by molar-refractivity contribution is 6.06. The number of aryl methyl sites for hydroxylation is 1. The molecule has 5 nitrogen and oxygen atoms in total. The lowest BCUT2D eigenvalue weighted by Gasteiger charge is -2.18. The SMILES string of the molecule is CN(C)c1ccc(CCC(=O)Nc2ccccc2C2=NCCCN2)cc1. The molecule has 0 saturated carbocycles. The number of hydrogen-bond acceptors (Lipinski definition) is 4. The van der Waals surface area contributed by atoms with E-state index in [1.807, 2.05) is 38.4 Å². The summed E-state index contributed by atoms with van der Waals surface area (Å²) in [4.78, 5) is 19.0. The van der Waals surface area contributed by atoms with Gasteiger partial charge in [0, 0.05) is 44.9 Å². The van der Waals surface area contributed by atoms with E-state index in [0.717, 1.165) is 54.3 Å². The number of rotatable bonds is 6. The third kappa shape index (κ3) is 4.63. The Hall–Kier alpha value is -2.82. The number of carbonyl (C=O) groups is 1. The van der Waals surface area contributed by atoms with Crippen molar-refractivity contribution in [3.63, 3.8) is 0 Å². The van der Waals surface area contributed by atoms with Crippen molar-refractivity contribution in [3.8, 4) is 0 Å². The van der Waals surface area contributed by atoms with Crippen LogP contribution in [0.4, 0.5) is 11.4 Å². The smallest absolute Gasteiger partial charge is 0.224 e. The number of amides is 1. The Kier molecular flexibility index (Phi) is 5.89. The monoisotopic (exact) mass is 350 g/mol. The number of amidine groups is 1. The fourth-order valence-electron chi connectivity index (χ4n) is 2.94. The molecule has 5 heteroatoms. The number of hydrogen-bond donors (Lipinski definition) is 2. The van der Waals surface area contributed by atoms with Crippen molar-refractivity contribution in [2.75, 3.05) is 37.4 Å². The van der Waals surface area contributed by atoms with Crippen LogP contribution in [0.1, 0.15) is 24.0 Å². The second kappa shape index (κ2) is 8.52. The van der Waals surface area contributed by atoms with Crippen molar-refractivity contribution in [1.82, 2.24) is 5.32 Å². The Balaban J connectivity index is 1.61.